The average Bonchev–Trinajstić information content (AvgIpc) is 2.31. The molecule has 0 saturated heterocycles. The molecule has 0 aromatic heterocycles. The van der Waals surface area contributed by atoms with Crippen LogP contribution in [-0.2, 0) is 14.8 Å². The van der Waals surface area contributed by atoms with Crippen LogP contribution in [0.15, 0.2) is 17.0 Å². The minimum Gasteiger partial charge on any atom is -0.383 e. The lowest BCUT2D eigenvalue weighted by molar-refractivity contribution is 0.199. The molecule has 0 bridgehead atoms. The molecule has 0 spiro atoms. The first kappa shape index (κ1) is 18.0. The van der Waals surface area contributed by atoms with Gasteiger partial charge in [0.25, 0.3) is 0 Å². The van der Waals surface area contributed by atoms with Crippen LogP contribution in [0.2, 0.25) is 15.1 Å². The van der Waals surface area contributed by atoms with Crippen molar-refractivity contribution in [3.8, 4) is 0 Å². The van der Waals surface area contributed by atoms with E-state index in [0.717, 1.165) is 0 Å². The molecule has 2 N–H and O–H groups in total. The fraction of sp³-hybridized carbons (Fsp3) is 0.455. The lowest BCUT2D eigenvalue weighted by atomic mass is 10.4. The number of benzene rings is 1. The number of hydrogen-bond donors (Lipinski definition) is 2. The van der Waals surface area contributed by atoms with Gasteiger partial charge in [-0.3, -0.25) is 0 Å². The highest BCUT2D eigenvalue weighted by molar-refractivity contribution is 7.89. The van der Waals surface area contributed by atoms with Crippen LogP contribution in [0.3, 0.4) is 0 Å². The first-order valence-corrected chi connectivity index (χ1v) is 8.34. The van der Waals surface area contributed by atoms with E-state index in [1.54, 1.807) is 7.11 Å². The van der Waals surface area contributed by atoms with E-state index in [-0.39, 0.29) is 26.5 Å². The Bertz CT molecular complexity index is 529. The Labute approximate surface area is 133 Å². The number of rotatable bonds is 8. The fourth-order valence-electron chi connectivity index (χ4n) is 1.43. The van der Waals surface area contributed by atoms with Crippen LogP contribution >= 0.6 is 34.8 Å². The predicted molar refractivity (Wildman–Crippen MR) is 81.4 cm³/mol. The summed E-state index contributed by atoms with van der Waals surface area (Å²) in [5.41, 5.74) is 0. The molecule has 0 amide bonds. The van der Waals surface area contributed by atoms with Crippen molar-refractivity contribution in [2.24, 2.45) is 0 Å². The van der Waals surface area contributed by atoms with Gasteiger partial charge in [0.2, 0.25) is 10.0 Å². The summed E-state index contributed by atoms with van der Waals surface area (Å²) in [6.45, 7) is 1.87. The van der Waals surface area contributed by atoms with Crippen molar-refractivity contribution < 1.29 is 13.2 Å². The summed E-state index contributed by atoms with van der Waals surface area (Å²) < 4.78 is 31.5. The number of hydrogen-bond acceptors (Lipinski definition) is 4. The Hall–Kier alpha value is -0.0800. The van der Waals surface area contributed by atoms with Gasteiger partial charge in [-0.05, 0) is 12.1 Å². The zero-order chi connectivity index (χ0) is 15.2. The number of halogens is 3. The molecule has 0 radical (unpaired) electrons. The molecular formula is C11H15Cl3N2O3S. The van der Waals surface area contributed by atoms with E-state index >= 15 is 0 Å². The van der Waals surface area contributed by atoms with E-state index in [1.165, 1.54) is 12.1 Å². The van der Waals surface area contributed by atoms with Crippen LogP contribution in [0.1, 0.15) is 0 Å². The van der Waals surface area contributed by atoms with Gasteiger partial charge in [0.1, 0.15) is 4.90 Å². The zero-order valence-corrected chi connectivity index (χ0v) is 13.8. The van der Waals surface area contributed by atoms with Crippen molar-refractivity contribution >= 4 is 44.8 Å². The third-order valence-electron chi connectivity index (χ3n) is 2.31. The summed E-state index contributed by atoms with van der Waals surface area (Å²) >= 11 is 17.5. The van der Waals surface area contributed by atoms with Crippen molar-refractivity contribution in [3.05, 3.63) is 27.2 Å². The predicted octanol–water partition coefficient (Wildman–Crippen LogP) is 2.16. The van der Waals surface area contributed by atoms with Gasteiger partial charge in [-0.1, -0.05) is 34.8 Å². The average molecular weight is 362 g/mol. The van der Waals surface area contributed by atoms with Crippen molar-refractivity contribution in [2.45, 2.75) is 4.90 Å². The molecule has 1 rings (SSSR count). The van der Waals surface area contributed by atoms with Gasteiger partial charge < -0.3 is 10.1 Å². The lowest BCUT2D eigenvalue weighted by Crippen LogP contribution is -2.33. The Kier molecular flexibility index (Phi) is 7.53. The second-order valence-corrected chi connectivity index (χ2v) is 6.79. The Morgan fingerprint density at radius 3 is 2.25 bits per heavy atom. The van der Waals surface area contributed by atoms with Crippen molar-refractivity contribution in [2.75, 3.05) is 33.4 Å². The molecule has 0 fully saturated rings. The van der Waals surface area contributed by atoms with Gasteiger partial charge in [0.05, 0.1) is 16.7 Å². The minimum absolute atomic E-state index is 0.0117. The number of methoxy groups -OCH3 is 1. The fourth-order valence-corrected chi connectivity index (χ4v) is 4.00. The van der Waals surface area contributed by atoms with Crippen molar-refractivity contribution in [3.63, 3.8) is 0 Å². The first-order valence-electron chi connectivity index (χ1n) is 5.72. The van der Waals surface area contributed by atoms with Gasteiger partial charge in [-0.2, -0.15) is 0 Å². The summed E-state index contributed by atoms with van der Waals surface area (Å²) in [6, 6.07) is 2.67. The van der Waals surface area contributed by atoms with Crippen LogP contribution in [0, 0.1) is 0 Å². The third kappa shape index (κ3) is 5.37. The molecule has 0 aliphatic heterocycles. The quantitative estimate of drug-likeness (QED) is 0.696. The van der Waals surface area contributed by atoms with Crippen LogP contribution in [0.5, 0.6) is 0 Å². The molecule has 0 atom stereocenters. The maximum absolute atomic E-state index is 12.1. The maximum Gasteiger partial charge on any atom is 0.243 e. The molecule has 1 aromatic carbocycles. The summed E-state index contributed by atoms with van der Waals surface area (Å²) in [5.74, 6) is 0. The van der Waals surface area contributed by atoms with Gasteiger partial charge in [0.15, 0.2) is 0 Å². The molecule has 9 heteroatoms. The van der Waals surface area contributed by atoms with E-state index in [0.29, 0.717) is 19.7 Å². The molecule has 0 heterocycles. The molecule has 0 aliphatic carbocycles. The van der Waals surface area contributed by atoms with Crippen LogP contribution in [0.4, 0.5) is 0 Å². The topological polar surface area (TPSA) is 67.4 Å². The molecule has 20 heavy (non-hydrogen) atoms. The smallest absolute Gasteiger partial charge is 0.243 e. The lowest BCUT2D eigenvalue weighted by Gasteiger charge is -2.11. The zero-order valence-electron chi connectivity index (χ0n) is 10.8. The van der Waals surface area contributed by atoms with Crippen LogP contribution in [-0.4, -0.2) is 41.8 Å². The van der Waals surface area contributed by atoms with Gasteiger partial charge in [-0.25, -0.2) is 13.1 Å². The summed E-state index contributed by atoms with van der Waals surface area (Å²) in [4.78, 5) is -0.165. The monoisotopic (exact) mass is 360 g/mol. The van der Waals surface area contributed by atoms with E-state index in [4.69, 9.17) is 39.5 Å². The molecule has 0 unspecified atom stereocenters. The standard InChI is InChI=1S/C11H15Cl3N2O3S/c1-19-5-4-15-2-3-16-20(17,18)11-9(13)6-8(12)7-10(11)14/h6-7,15-16H,2-5H2,1H3. The molecule has 1 aromatic rings. The summed E-state index contributed by atoms with van der Waals surface area (Å²) in [7, 11) is -2.18. The molecule has 0 saturated carbocycles. The summed E-state index contributed by atoms with van der Waals surface area (Å²) in [5, 5.41) is 3.26. The van der Waals surface area contributed by atoms with E-state index in [2.05, 4.69) is 10.0 Å². The third-order valence-corrected chi connectivity index (χ3v) is 4.91. The van der Waals surface area contributed by atoms with Crippen molar-refractivity contribution in [1.82, 2.24) is 10.0 Å². The van der Waals surface area contributed by atoms with Gasteiger partial charge in [-0.15, -0.1) is 0 Å². The number of sulfonamides is 1. The largest absolute Gasteiger partial charge is 0.383 e. The highest BCUT2D eigenvalue weighted by Gasteiger charge is 2.21. The molecular weight excluding hydrogens is 347 g/mol. The Morgan fingerprint density at radius 1 is 1.10 bits per heavy atom. The summed E-state index contributed by atoms with van der Waals surface area (Å²) in [6.07, 6.45) is 0. The molecule has 0 aliphatic rings. The molecule has 5 nitrogen and oxygen atoms in total. The highest BCUT2D eigenvalue weighted by atomic mass is 35.5. The Balaban J connectivity index is 2.66. The number of ether oxygens (including phenoxy) is 1. The normalized spacial score (nSPS) is 11.8. The van der Waals surface area contributed by atoms with E-state index in [1.807, 2.05) is 0 Å². The van der Waals surface area contributed by atoms with E-state index in [9.17, 15) is 8.42 Å². The first-order chi connectivity index (χ1) is 9.38. The molecule has 114 valence electrons. The SMILES string of the molecule is COCCNCCNS(=O)(=O)c1c(Cl)cc(Cl)cc1Cl. The minimum atomic E-state index is -3.77. The van der Waals surface area contributed by atoms with E-state index < -0.39 is 10.0 Å². The Morgan fingerprint density at radius 2 is 1.70 bits per heavy atom. The van der Waals surface area contributed by atoms with Crippen LogP contribution in [0.25, 0.3) is 0 Å². The van der Waals surface area contributed by atoms with Gasteiger partial charge in [0, 0.05) is 31.8 Å². The maximum atomic E-state index is 12.1. The van der Waals surface area contributed by atoms with Crippen molar-refractivity contribution in [1.29, 1.82) is 0 Å². The van der Waals surface area contributed by atoms with Crippen LogP contribution < -0.4 is 10.0 Å². The van der Waals surface area contributed by atoms with Gasteiger partial charge >= 0.3 is 0 Å². The second kappa shape index (κ2) is 8.38. The number of nitrogens with one attached hydrogen (secondary N) is 2. The second-order valence-electron chi connectivity index (χ2n) is 3.84. The highest BCUT2D eigenvalue weighted by Crippen LogP contribution is 2.32.